The van der Waals surface area contributed by atoms with E-state index in [0.717, 1.165) is 11.3 Å². The van der Waals surface area contributed by atoms with E-state index < -0.39 is 0 Å². The van der Waals surface area contributed by atoms with Crippen molar-refractivity contribution < 1.29 is 9.59 Å². The average Bonchev–Trinajstić information content (AvgIpc) is 2.97. The van der Waals surface area contributed by atoms with Crippen LogP contribution in [-0.4, -0.2) is 63.3 Å². The van der Waals surface area contributed by atoms with Crippen molar-refractivity contribution in [2.45, 2.75) is 12.5 Å². The molecule has 2 saturated heterocycles. The lowest BCUT2D eigenvalue weighted by molar-refractivity contribution is 0.00733. The minimum Gasteiger partial charge on any atom is -0.335 e. The van der Waals surface area contributed by atoms with Crippen molar-refractivity contribution in [2.24, 2.45) is 0 Å². The number of hydrogen-bond donors (Lipinski definition) is 1. The van der Waals surface area contributed by atoms with Gasteiger partial charge in [-0.25, -0.2) is 9.78 Å². The van der Waals surface area contributed by atoms with Gasteiger partial charge in [-0.15, -0.1) is 0 Å². The second-order valence-corrected chi connectivity index (χ2v) is 6.08. The Bertz CT molecular complexity index is 790. The minimum atomic E-state index is -0.250. The summed E-state index contributed by atoms with van der Waals surface area (Å²) in [5, 5.41) is 2.82. The van der Waals surface area contributed by atoms with Gasteiger partial charge in [-0.05, 0) is 19.1 Å². The summed E-state index contributed by atoms with van der Waals surface area (Å²) in [4.78, 5) is 32.2. The number of nitrogens with one attached hydrogen (secondary N) is 1. The minimum absolute atomic E-state index is 0.0698. The van der Waals surface area contributed by atoms with Crippen LogP contribution in [0.15, 0.2) is 24.4 Å². The largest absolute Gasteiger partial charge is 0.335 e. The third kappa shape index (κ3) is 1.59. The number of nitrogens with zero attached hydrogens (tertiary/aromatic N) is 4. The summed E-state index contributed by atoms with van der Waals surface area (Å²) in [5.74, 6) is -0.0698. The number of urea groups is 1. The summed E-state index contributed by atoms with van der Waals surface area (Å²) < 4.78 is 1.91. The van der Waals surface area contributed by atoms with E-state index in [0.29, 0.717) is 25.3 Å². The molecule has 4 rings (SSSR count). The molecule has 2 aromatic heterocycles. The summed E-state index contributed by atoms with van der Waals surface area (Å²) in [5.41, 5.74) is 1.85. The van der Waals surface area contributed by atoms with Gasteiger partial charge in [0.25, 0.3) is 5.91 Å². The molecule has 7 nitrogen and oxygen atoms in total. The lowest BCUT2D eigenvalue weighted by Crippen LogP contribution is -2.70. The van der Waals surface area contributed by atoms with Gasteiger partial charge >= 0.3 is 6.03 Å². The van der Waals surface area contributed by atoms with Crippen LogP contribution in [0.25, 0.3) is 5.65 Å². The average molecular weight is 299 g/mol. The zero-order valence-electron chi connectivity index (χ0n) is 12.5. The van der Waals surface area contributed by atoms with E-state index in [9.17, 15) is 9.59 Å². The number of likely N-dealkylation sites (tertiary alicyclic amines) is 1. The molecule has 7 heteroatoms. The van der Waals surface area contributed by atoms with Crippen LogP contribution in [0, 0.1) is 6.92 Å². The molecule has 0 aromatic carbocycles. The highest BCUT2D eigenvalue weighted by Gasteiger charge is 2.53. The maximum atomic E-state index is 12.7. The van der Waals surface area contributed by atoms with Crippen LogP contribution < -0.4 is 5.32 Å². The normalized spacial score (nSPS) is 19.6. The van der Waals surface area contributed by atoms with Gasteiger partial charge in [-0.2, -0.15) is 0 Å². The van der Waals surface area contributed by atoms with Crippen molar-refractivity contribution >= 4 is 17.6 Å². The summed E-state index contributed by atoms with van der Waals surface area (Å²) in [6.07, 6.45) is 1.90. The SMILES string of the molecule is Cc1c(C(=O)N2CC3(CNC(=O)N3C)C2)nc2ccccn12. The number of pyridine rings is 1. The zero-order valence-corrected chi connectivity index (χ0v) is 12.5. The molecule has 22 heavy (non-hydrogen) atoms. The van der Waals surface area contributed by atoms with Gasteiger partial charge in [0.1, 0.15) is 11.3 Å². The van der Waals surface area contributed by atoms with Crippen LogP contribution >= 0.6 is 0 Å². The van der Waals surface area contributed by atoms with Crippen molar-refractivity contribution in [2.75, 3.05) is 26.7 Å². The predicted molar refractivity (Wildman–Crippen MR) is 79.7 cm³/mol. The van der Waals surface area contributed by atoms with E-state index >= 15 is 0 Å². The van der Waals surface area contributed by atoms with E-state index in [1.54, 1.807) is 16.8 Å². The molecule has 1 N–H and O–H groups in total. The zero-order chi connectivity index (χ0) is 15.5. The first-order valence-electron chi connectivity index (χ1n) is 7.26. The number of likely N-dealkylation sites (N-methyl/N-ethyl adjacent to an activating group) is 1. The van der Waals surface area contributed by atoms with E-state index in [1.165, 1.54) is 0 Å². The molecule has 4 heterocycles. The van der Waals surface area contributed by atoms with Crippen LogP contribution in [-0.2, 0) is 0 Å². The number of carbonyl (C=O) groups is 2. The molecule has 0 unspecified atom stereocenters. The standard InChI is InChI=1S/C15H17N5O2/c1-10-12(17-11-5-3-4-6-20(10)11)13(21)19-8-15(9-19)7-16-14(22)18(15)2/h3-6H,7-9H2,1-2H3,(H,16,22). The summed E-state index contributed by atoms with van der Waals surface area (Å²) >= 11 is 0. The van der Waals surface area contributed by atoms with Crippen LogP contribution in [0.1, 0.15) is 16.2 Å². The Morgan fingerprint density at radius 1 is 1.36 bits per heavy atom. The highest BCUT2D eigenvalue weighted by Crippen LogP contribution is 2.31. The number of fused-ring (bicyclic) bond motifs is 1. The number of aryl methyl sites for hydroxylation is 1. The van der Waals surface area contributed by atoms with Crippen LogP contribution in [0.2, 0.25) is 0 Å². The Hall–Kier alpha value is -2.57. The van der Waals surface area contributed by atoms with Gasteiger partial charge in [-0.1, -0.05) is 6.07 Å². The van der Waals surface area contributed by atoms with E-state index in [1.807, 2.05) is 35.7 Å². The van der Waals surface area contributed by atoms with Crippen LogP contribution in [0.5, 0.6) is 0 Å². The van der Waals surface area contributed by atoms with Gasteiger partial charge in [0.05, 0.1) is 11.2 Å². The third-order valence-corrected chi connectivity index (χ3v) is 4.81. The van der Waals surface area contributed by atoms with Gasteiger partial charge in [0.2, 0.25) is 0 Å². The lowest BCUT2D eigenvalue weighted by atomic mass is 9.89. The van der Waals surface area contributed by atoms with E-state index in [2.05, 4.69) is 10.3 Å². The van der Waals surface area contributed by atoms with Gasteiger partial charge < -0.3 is 19.5 Å². The molecule has 0 radical (unpaired) electrons. The van der Waals surface area contributed by atoms with Crippen molar-refractivity contribution in [3.8, 4) is 0 Å². The Labute approximate surface area is 127 Å². The third-order valence-electron chi connectivity index (χ3n) is 4.81. The Balaban J connectivity index is 1.58. The first kappa shape index (κ1) is 13.1. The number of aromatic nitrogens is 2. The highest BCUT2D eigenvalue weighted by molar-refractivity contribution is 5.95. The molecular formula is C15H17N5O2. The van der Waals surface area contributed by atoms with Crippen molar-refractivity contribution in [1.82, 2.24) is 24.5 Å². The first-order chi connectivity index (χ1) is 10.5. The maximum Gasteiger partial charge on any atom is 0.317 e. The molecule has 0 aliphatic carbocycles. The molecule has 2 aliphatic rings. The van der Waals surface area contributed by atoms with Crippen molar-refractivity contribution in [3.05, 3.63) is 35.8 Å². The summed E-state index contributed by atoms with van der Waals surface area (Å²) in [6, 6.07) is 5.63. The Morgan fingerprint density at radius 3 is 2.77 bits per heavy atom. The van der Waals surface area contributed by atoms with Crippen LogP contribution in [0.4, 0.5) is 4.79 Å². The van der Waals surface area contributed by atoms with Crippen molar-refractivity contribution in [1.29, 1.82) is 0 Å². The Morgan fingerprint density at radius 2 is 2.14 bits per heavy atom. The summed E-state index contributed by atoms with van der Waals surface area (Å²) in [6.45, 7) is 3.59. The second-order valence-electron chi connectivity index (χ2n) is 6.08. The highest BCUT2D eigenvalue weighted by atomic mass is 16.2. The second kappa shape index (κ2) is 4.22. The fourth-order valence-electron chi connectivity index (χ4n) is 3.30. The number of hydrogen-bond acceptors (Lipinski definition) is 3. The molecule has 1 spiro atoms. The summed E-state index contributed by atoms with van der Waals surface area (Å²) in [7, 11) is 1.78. The lowest BCUT2D eigenvalue weighted by Gasteiger charge is -2.50. The fourth-order valence-corrected chi connectivity index (χ4v) is 3.30. The van der Waals surface area contributed by atoms with Gasteiger partial charge in [0.15, 0.2) is 0 Å². The molecule has 3 amide bonds. The first-order valence-corrected chi connectivity index (χ1v) is 7.26. The number of rotatable bonds is 1. The topological polar surface area (TPSA) is 70.0 Å². The fraction of sp³-hybridized carbons (Fsp3) is 0.400. The molecular weight excluding hydrogens is 282 g/mol. The predicted octanol–water partition coefficient (Wildman–Crippen LogP) is 0.492. The monoisotopic (exact) mass is 299 g/mol. The molecule has 0 saturated carbocycles. The number of imidazole rings is 1. The number of carbonyl (C=O) groups excluding carboxylic acids is 2. The van der Waals surface area contributed by atoms with Gasteiger partial charge in [0, 0.05) is 32.9 Å². The Kier molecular flexibility index (Phi) is 2.52. The molecule has 2 aliphatic heterocycles. The van der Waals surface area contributed by atoms with E-state index in [4.69, 9.17) is 0 Å². The molecule has 0 bridgehead atoms. The quantitative estimate of drug-likeness (QED) is 0.833. The molecule has 2 aromatic rings. The molecule has 0 atom stereocenters. The van der Waals surface area contributed by atoms with Crippen molar-refractivity contribution in [3.63, 3.8) is 0 Å². The molecule has 114 valence electrons. The maximum absolute atomic E-state index is 12.7. The number of amides is 3. The van der Waals surface area contributed by atoms with Gasteiger partial charge in [-0.3, -0.25) is 4.79 Å². The van der Waals surface area contributed by atoms with Crippen LogP contribution in [0.3, 0.4) is 0 Å². The van der Waals surface area contributed by atoms with E-state index in [-0.39, 0.29) is 17.5 Å². The molecule has 2 fully saturated rings. The smallest absolute Gasteiger partial charge is 0.317 e.